The Hall–Kier alpha value is -8.34. The first kappa shape index (κ1) is 47.6. The third-order valence-electron chi connectivity index (χ3n) is 11.8. The number of aliphatic hydroxyl groups is 2. The highest BCUT2D eigenvalue weighted by Crippen LogP contribution is 2.43. The van der Waals surface area contributed by atoms with Crippen molar-refractivity contribution in [1.82, 2.24) is 10.6 Å². The van der Waals surface area contributed by atoms with Crippen molar-refractivity contribution in [3.63, 3.8) is 0 Å². The highest BCUT2D eigenvalue weighted by atomic mass is 16.3. The number of benzene rings is 6. The Morgan fingerprint density at radius 1 is 0.456 bits per heavy atom. The first-order valence-corrected chi connectivity index (χ1v) is 21.7. The van der Waals surface area contributed by atoms with Crippen molar-refractivity contribution in [1.29, 1.82) is 0 Å². The lowest BCUT2D eigenvalue weighted by Crippen LogP contribution is -2.55. The summed E-state index contributed by atoms with van der Waals surface area (Å²) in [6, 6.07) is 40.9. The van der Waals surface area contributed by atoms with E-state index < -0.39 is 46.8 Å². The molecule has 2 aliphatic heterocycles. The van der Waals surface area contributed by atoms with E-state index in [9.17, 15) is 39.0 Å². The molecule has 6 aromatic rings. The van der Waals surface area contributed by atoms with Crippen LogP contribution >= 0.6 is 0 Å². The number of hydrogen-bond donors (Lipinski definition) is 8. The maximum absolute atomic E-state index is 13.5. The lowest BCUT2D eigenvalue weighted by molar-refractivity contribution is -0.128. The van der Waals surface area contributed by atoms with Crippen LogP contribution in [-0.2, 0) is 43.5 Å². The zero-order valence-electron chi connectivity index (χ0n) is 37.9. The Morgan fingerprint density at radius 3 is 1.10 bits per heavy atom. The summed E-state index contributed by atoms with van der Waals surface area (Å²) >= 11 is 0. The molecule has 0 saturated heterocycles. The molecule has 16 heteroatoms. The number of hydrogen-bond acceptors (Lipinski definition) is 8. The lowest BCUT2D eigenvalue weighted by Gasteiger charge is -2.29. The van der Waals surface area contributed by atoms with Crippen LogP contribution < -0.4 is 41.7 Å². The average Bonchev–Trinajstić information content (AvgIpc) is 3.66. The topological polar surface area (TPSA) is 222 Å². The number of amides is 8. The maximum Gasteiger partial charge on any atom is 0.320 e. The van der Waals surface area contributed by atoms with Crippen LogP contribution in [0.15, 0.2) is 146 Å². The summed E-state index contributed by atoms with van der Waals surface area (Å²) in [6.45, 7) is 3.68. The van der Waals surface area contributed by atoms with E-state index in [-0.39, 0.29) is 26.1 Å². The number of aryl methyl sites for hydroxylation is 2. The largest absolute Gasteiger partial charge is 0.392 e. The van der Waals surface area contributed by atoms with Crippen LogP contribution in [0.5, 0.6) is 0 Å². The van der Waals surface area contributed by atoms with Crippen molar-refractivity contribution in [2.24, 2.45) is 0 Å². The van der Waals surface area contributed by atoms with E-state index >= 15 is 0 Å². The Morgan fingerprint density at radius 2 is 0.765 bits per heavy atom. The molecular formula is C52H52N8O8. The van der Waals surface area contributed by atoms with E-state index in [1.165, 1.54) is 9.80 Å². The standard InChI is InChI=1S/2C26H26N4O4/c1-17-7-11-20(12-8-17)28-25(34)29-26(21-5-3-4-6-22(21)30(2)24(26)33)15-23(32)27-19-13-9-18(16-31)10-14-19;1-17-7-11-19(12-8-17)27-23(32)15-26(21-5-3-4-6-22(21)30(2)24(26)33)29-25(34)28-20-13-9-18(16-31)10-14-20/h2*3-14,31H,15-16H2,1-2H3,(H,27,32)(H2,28,29,34)/t26-;/m1./s1. The molecule has 6 aromatic carbocycles. The number of urea groups is 2. The molecule has 0 saturated carbocycles. The second-order valence-electron chi connectivity index (χ2n) is 16.6. The van der Waals surface area contributed by atoms with E-state index in [0.717, 1.165) is 11.1 Å². The molecule has 1 unspecified atom stereocenters. The minimum absolute atomic E-state index is 0.102. The molecule has 68 heavy (non-hydrogen) atoms. The van der Waals surface area contributed by atoms with Crippen molar-refractivity contribution in [3.05, 3.63) is 179 Å². The summed E-state index contributed by atoms with van der Waals surface area (Å²) in [4.78, 5) is 81.9. The van der Waals surface area contributed by atoms with E-state index in [4.69, 9.17) is 0 Å². The fraction of sp³-hybridized carbons (Fsp3) is 0.192. The van der Waals surface area contributed by atoms with Gasteiger partial charge in [0.25, 0.3) is 11.8 Å². The molecule has 2 aliphatic rings. The number of nitrogens with zero attached hydrogens (tertiary/aromatic N) is 2. The lowest BCUT2D eigenvalue weighted by atomic mass is 9.87. The Kier molecular flexibility index (Phi) is 14.3. The average molecular weight is 917 g/mol. The number of rotatable bonds is 12. The summed E-state index contributed by atoms with van der Waals surface area (Å²) in [7, 11) is 3.24. The molecule has 8 amide bonds. The van der Waals surface area contributed by atoms with Gasteiger partial charge in [-0.15, -0.1) is 0 Å². The van der Waals surface area contributed by atoms with E-state index in [1.807, 2.05) is 38.1 Å². The van der Waals surface area contributed by atoms with Crippen LogP contribution in [0.2, 0.25) is 0 Å². The highest BCUT2D eigenvalue weighted by molar-refractivity contribution is 6.14. The number of carbonyl (C=O) groups excluding carboxylic acids is 6. The van der Waals surface area contributed by atoms with Crippen molar-refractivity contribution in [2.45, 2.75) is 51.0 Å². The van der Waals surface area contributed by atoms with Crippen LogP contribution in [0.25, 0.3) is 0 Å². The van der Waals surface area contributed by atoms with Crippen LogP contribution in [0, 0.1) is 13.8 Å². The quantitative estimate of drug-likeness (QED) is 0.0636. The normalized spacial score (nSPS) is 16.7. The minimum Gasteiger partial charge on any atom is -0.392 e. The molecule has 0 spiro atoms. The third-order valence-corrected chi connectivity index (χ3v) is 11.8. The molecule has 8 N–H and O–H groups in total. The van der Waals surface area contributed by atoms with Gasteiger partial charge in [0.15, 0.2) is 11.1 Å². The SMILES string of the molecule is Cc1ccc(NC(=O)CC2(NC(=O)Nc3ccc(CO)cc3)C(=O)N(C)c3ccccc32)cc1.Cc1ccc(NC(=O)N[C@@]2(CC(=O)Nc3ccc(CO)cc3)C(=O)N(C)c3ccccc32)cc1. The van der Waals surface area contributed by atoms with E-state index in [1.54, 1.807) is 135 Å². The van der Waals surface area contributed by atoms with Gasteiger partial charge in [-0.25, -0.2) is 9.59 Å². The number of carbonyl (C=O) groups is 6. The summed E-state index contributed by atoms with van der Waals surface area (Å²) in [6.07, 6.45) is -0.575. The molecule has 348 valence electrons. The summed E-state index contributed by atoms with van der Waals surface area (Å²) < 4.78 is 0. The zero-order valence-corrected chi connectivity index (χ0v) is 37.9. The fourth-order valence-corrected chi connectivity index (χ4v) is 8.21. The predicted molar refractivity (Wildman–Crippen MR) is 261 cm³/mol. The highest BCUT2D eigenvalue weighted by Gasteiger charge is 2.53. The molecule has 0 radical (unpaired) electrons. The molecule has 0 aromatic heterocycles. The Bertz CT molecular complexity index is 2640. The fourth-order valence-electron chi connectivity index (χ4n) is 8.21. The van der Waals surface area contributed by atoms with Gasteiger partial charge in [-0.2, -0.15) is 0 Å². The van der Waals surface area contributed by atoms with Crippen molar-refractivity contribution in [3.8, 4) is 0 Å². The third kappa shape index (κ3) is 10.4. The first-order valence-electron chi connectivity index (χ1n) is 21.7. The minimum atomic E-state index is -1.57. The molecule has 16 nitrogen and oxygen atoms in total. The van der Waals surface area contributed by atoms with Gasteiger partial charge in [-0.1, -0.05) is 96.1 Å². The number of anilines is 6. The van der Waals surface area contributed by atoms with Gasteiger partial charge in [0.1, 0.15) is 0 Å². The van der Waals surface area contributed by atoms with Gasteiger partial charge >= 0.3 is 12.1 Å². The number of para-hydroxylation sites is 2. The van der Waals surface area contributed by atoms with Gasteiger partial charge in [0.05, 0.1) is 26.1 Å². The Labute approximate surface area is 393 Å². The van der Waals surface area contributed by atoms with Gasteiger partial charge in [-0.05, 0) is 85.6 Å². The van der Waals surface area contributed by atoms with Gasteiger partial charge in [0, 0.05) is 59.3 Å². The van der Waals surface area contributed by atoms with E-state index in [2.05, 4.69) is 31.9 Å². The number of likely N-dealkylation sites (N-methyl/N-ethyl adjacent to an activating group) is 2. The molecule has 8 rings (SSSR count). The Balaban J connectivity index is 0.000000201. The monoisotopic (exact) mass is 916 g/mol. The second-order valence-corrected chi connectivity index (χ2v) is 16.6. The number of aliphatic hydroxyl groups excluding tert-OH is 2. The van der Waals surface area contributed by atoms with Crippen LogP contribution in [0.1, 0.15) is 46.2 Å². The van der Waals surface area contributed by atoms with E-state index in [0.29, 0.717) is 56.4 Å². The van der Waals surface area contributed by atoms with Gasteiger partial charge in [0.2, 0.25) is 11.8 Å². The van der Waals surface area contributed by atoms with Crippen LogP contribution in [-0.4, -0.2) is 60.0 Å². The molecule has 0 fully saturated rings. The molecule has 2 heterocycles. The number of nitrogens with one attached hydrogen (secondary N) is 6. The van der Waals surface area contributed by atoms with Crippen LogP contribution in [0.3, 0.4) is 0 Å². The predicted octanol–water partition coefficient (Wildman–Crippen LogP) is 7.02. The maximum atomic E-state index is 13.5. The molecule has 0 bridgehead atoms. The summed E-state index contributed by atoms with van der Waals surface area (Å²) in [5.41, 5.74) is 4.91. The molecule has 0 aliphatic carbocycles. The first-order chi connectivity index (χ1) is 32.6. The van der Waals surface area contributed by atoms with Crippen molar-refractivity contribution >= 4 is 69.8 Å². The molecular weight excluding hydrogens is 865 g/mol. The van der Waals surface area contributed by atoms with Gasteiger partial charge < -0.3 is 51.9 Å². The summed E-state index contributed by atoms with van der Waals surface area (Å²) in [5.74, 6) is -1.65. The van der Waals surface area contributed by atoms with Gasteiger partial charge in [-0.3, -0.25) is 19.2 Å². The summed E-state index contributed by atoms with van der Waals surface area (Å²) in [5, 5.41) is 35.0. The zero-order chi connectivity index (χ0) is 48.6. The van der Waals surface area contributed by atoms with Crippen molar-refractivity contribution in [2.75, 3.05) is 45.2 Å². The second kappa shape index (κ2) is 20.4. The number of fused-ring (bicyclic) bond motifs is 2. The molecule has 2 atom stereocenters. The van der Waals surface area contributed by atoms with Crippen molar-refractivity contribution < 1.29 is 39.0 Å². The smallest absolute Gasteiger partial charge is 0.320 e. The van der Waals surface area contributed by atoms with Crippen LogP contribution in [0.4, 0.5) is 43.7 Å².